The van der Waals surface area contributed by atoms with Crippen LogP contribution in [0.2, 0.25) is 0 Å². The second kappa shape index (κ2) is 10.2. The number of hydrogen-bond donors (Lipinski definition) is 1. The lowest BCUT2D eigenvalue weighted by Gasteiger charge is -2.20. The lowest BCUT2D eigenvalue weighted by atomic mass is 10.2. The zero-order chi connectivity index (χ0) is 20.6. The van der Waals surface area contributed by atoms with E-state index in [1.165, 1.54) is 17.0 Å². The molecule has 5 nitrogen and oxygen atoms in total. The van der Waals surface area contributed by atoms with Gasteiger partial charge >= 0.3 is 0 Å². The van der Waals surface area contributed by atoms with Crippen molar-refractivity contribution in [3.05, 3.63) is 75.7 Å². The van der Waals surface area contributed by atoms with E-state index in [1.807, 2.05) is 48.5 Å². The number of carbonyl (C=O) groups is 1. The Labute approximate surface area is 180 Å². The van der Waals surface area contributed by atoms with Crippen molar-refractivity contribution in [2.24, 2.45) is 0 Å². The SMILES string of the molecule is CCN(CC)c1ccc(/C=C(\Cl)c2nnc(C(=O)NCc3ccccc3)s2)cc1. The Morgan fingerprint density at radius 2 is 1.69 bits per heavy atom. The van der Waals surface area contributed by atoms with Crippen LogP contribution in [0.3, 0.4) is 0 Å². The van der Waals surface area contributed by atoms with E-state index in [0.717, 1.165) is 24.2 Å². The first-order valence-corrected chi connectivity index (χ1v) is 10.7. The van der Waals surface area contributed by atoms with E-state index in [4.69, 9.17) is 11.6 Å². The summed E-state index contributed by atoms with van der Waals surface area (Å²) < 4.78 is 0. The maximum Gasteiger partial charge on any atom is 0.282 e. The van der Waals surface area contributed by atoms with Crippen molar-refractivity contribution in [1.82, 2.24) is 15.5 Å². The molecule has 0 radical (unpaired) electrons. The molecule has 3 aromatic rings. The molecule has 2 aromatic carbocycles. The molecule has 1 heterocycles. The zero-order valence-corrected chi connectivity index (χ0v) is 18.0. The molecular weight excluding hydrogens is 404 g/mol. The van der Waals surface area contributed by atoms with Crippen molar-refractivity contribution < 1.29 is 4.79 Å². The van der Waals surface area contributed by atoms with E-state index >= 15 is 0 Å². The Balaban J connectivity index is 1.65. The first-order valence-electron chi connectivity index (χ1n) is 9.49. The molecule has 29 heavy (non-hydrogen) atoms. The van der Waals surface area contributed by atoms with Gasteiger partial charge in [-0.05, 0) is 43.2 Å². The van der Waals surface area contributed by atoms with Crippen molar-refractivity contribution in [3.8, 4) is 0 Å². The van der Waals surface area contributed by atoms with Gasteiger partial charge in [-0.25, -0.2) is 0 Å². The molecule has 150 valence electrons. The molecule has 7 heteroatoms. The largest absolute Gasteiger partial charge is 0.372 e. The Kier molecular flexibility index (Phi) is 7.38. The summed E-state index contributed by atoms with van der Waals surface area (Å²) in [5.74, 6) is -0.259. The van der Waals surface area contributed by atoms with Gasteiger partial charge in [0.2, 0.25) is 5.01 Å². The number of amides is 1. The van der Waals surface area contributed by atoms with E-state index in [1.54, 1.807) is 0 Å². The van der Waals surface area contributed by atoms with Crippen LogP contribution < -0.4 is 10.2 Å². The third-order valence-electron chi connectivity index (χ3n) is 4.43. The number of halogens is 1. The quantitative estimate of drug-likeness (QED) is 0.547. The number of carbonyl (C=O) groups excluding carboxylic acids is 1. The molecule has 0 bridgehead atoms. The van der Waals surface area contributed by atoms with E-state index in [2.05, 4.69) is 46.4 Å². The summed E-state index contributed by atoms with van der Waals surface area (Å²) >= 11 is 7.59. The molecule has 3 rings (SSSR count). The maximum atomic E-state index is 12.3. The highest BCUT2D eigenvalue weighted by Gasteiger charge is 2.14. The summed E-state index contributed by atoms with van der Waals surface area (Å²) in [6.45, 7) is 6.64. The van der Waals surface area contributed by atoms with Crippen LogP contribution in [0.4, 0.5) is 5.69 Å². The van der Waals surface area contributed by atoms with Gasteiger partial charge in [0.25, 0.3) is 5.91 Å². The molecule has 0 aliphatic carbocycles. The average Bonchev–Trinajstić information content (AvgIpc) is 3.25. The number of nitrogens with one attached hydrogen (secondary N) is 1. The predicted octanol–water partition coefficient (Wildman–Crippen LogP) is 5.05. The van der Waals surface area contributed by atoms with Gasteiger partial charge in [-0.15, -0.1) is 10.2 Å². The third-order valence-corrected chi connectivity index (χ3v) is 5.79. The van der Waals surface area contributed by atoms with Crippen molar-refractivity contribution in [2.75, 3.05) is 18.0 Å². The van der Waals surface area contributed by atoms with Crippen LogP contribution in [-0.4, -0.2) is 29.2 Å². The van der Waals surface area contributed by atoms with Crippen molar-refractivity contribution in [1.29, 1.82) is 0 Å². The minimum Gasteiger partial charge on any atom is -0.372 e. The topological polar surface area (TPSA) is 58.1 Å². The fourth-order valence-corrected chi connectivity index (χ4v) is 3.79. The average molecular weight is 427 g/mol. The standard InChI is InChI=1S/C22H23ClN4OS/c1-3-27(4-2)18-12-10-16(11-13-18)14-19(23)21-25-26-22(29-21)20(28)24-15-17-8-6-5-7-9-17/h5-14H,3-4,15H2,1-2H3,(H,24,28)/b19-14-. The normalized spacial score (nSPS) is 11.3. The number of anilines is 1. The molecule has 1 aromatic heterocycles. The van der Waals surface area contributed by atoms with Crippen LogP contribution in [-0.2, 0) is 6.54 Å². The van der Waals surface area contributed by atoms with Crippen LogP contribution in [0.15, 0.2) is 54.6 Å². The highest BCUT2D eigenvalue weighted by atomic mass is 35.5. The number of aromatic nitrogens is 2. The first-order chi connectivity index (χ1) is 14.1. The molecule has 0 spiro atoms. The Hall–Kier alpha value is -2.70. The predicted molar refractivity (Wildman–Crippen MR) is 121 cm³/mol. The van der Waals surface area contributed by atoms with E-state index in [-0.39, 0.29) is 5.91 Å². The van der Waals surface area contributed by atoms with E-state index in [9.17, 15) is 4.79 Å². The van der Waals surface area contributed by atoms with Gasteiger partial charge in [0.05, 0.1) is 5.03 Å². The summed E-state index contributed by atoms with van der Waals surface area (Å²) in [6, 6.07) is 17.9. The summed E-state index contributed by atoms with van der Waals surface area (Å²) in [6.07, 6.45) is 1.83. The molecule has 0 aliphatic rings. The van der Waals surface area contributed by atoms with Gasteiger partial charge < -0.3 is 10.2 Å². The van der Waals surface area contributed by atoms with Crippen molar-refractivity contribution >= 4 is 45.6 Å². The Morgan fingerprint density at radius 1 is 1.03 bits per heavy atom. The maximum absolute atomic E-state index is 12.3. The summed E-state index contributed by atoms with van der Waals surface area (Å²) in [5, 5.41) is 12.1. The van der Waals surface area contributed by atoms with Crippen molar-refractivity contribution in [2.45, 2.75) is 20.4 Å². The highest BCUT2D eigenvalue weighted by Crippen LogP contribution is 2.26. The fraction of sp³-hybridized carbons (Fsp3) is 0.227. The summed E-state index contributed by atoms with van der Waals surface area (Å²) in [5.41, 5.74) is 3.17. The second-order valence-corrected chi connectivity index (χ2v) is 7.72. The minimum atomic E-state index is -0.259. The second-order valence-electron chi connectivity index (χ2n) is 6.34. The molecule has 0 saturated carbocycles. The molecule has 0 atom stereocenters. The van der Waals surface area contributed by atoms with Gasteiger partial charge in [0, 0.05) is 25.3 Å². The number of benzene rings is 2. The number of hydrogen-bond acceptors (Lipinski definition) is 5. The smallest absolute Gasteiger partial charge is 0.282 e. The van der Waals surface area contributed by atoms with Crippen LogP contribution in [0.5, 0.6) is 0 Å². The lowest BCUT2D eigenvalue weighted by molar-refractivity contribution is 0.0950. The van der Waals surface area contributed by atoms with Gasteiger partial charge in [0.15, 0.2) is 5.01 Å². The monoisotopic (exact) mass is 426 g/mol. The van der Waals surface area contributed by atoms with E-state index in [0.29, 0.717) is 21.6 Å². The molecule has 1 amide bonds. The Morgan fingerprint density at radius 3 is 2.34 bits per heavy atom. The molecule has 0 saturated heterocycles. The van der Waals surface area contributed by atoms with Crippen LogP contribution >= 0.6 is 22.9 Å². The van der Waals surface area contributed by atoms with Gasteiger partial charge in [-0.1, -0.05) is 65.4 Å². The lowest BCUT2D eigenvalue weighted by Crippen LogP contribution is -2.22. The number of rotatable bonds is 8. The van der Waals surface area contributed by atoms with Gasteiger partial charge in [0.1, 0.15) is 0 Å². The molecule has 0 aliphatic heterocycles. The van der Waals surface area contributed by atoms with Gasteiger partial charge in [-0.2, -0.15) is 0 Å². The van der Waals surface area contributed by atoms with Crippen molar-refractivity contribution in [3.63, 3.8) is 0 Å². The molecule has 1 N–H and O–H groups in total. The zero-order valence-electron chi connectivity index (χ0n) is 16.4. The molecule has 0 unspecified atom stereocenters. The summed E-state index contributed by atoms with van der Waals surface area (Å²) in [7, 11) is 0. The number of nitrogens with zero attached hydrogens (tertiary/aromatic N) is 3. The highest BCUT2D eigenvalue weighted by molar-refractivity contribution is 7.15. The molecular formula is C22H23ClN4OS. The van der Waals surface area contributed by atoms with E-state index < -0.39 is 0 Å². The van der Waals surface area contributed by atoms with Crippen LogP contribution in [0.1, 0.15) is 39.8 Å². The molecule has 0 fully saturated rings. The first kappa shape index (κ1) is 21.0. The summed E-state index contributed by atoms with van der Waals surface area (Å²) in [4.78, 5) is 14.6. The third kappa shape index (κ3) is 5.65. The van der Waals surface area contributed by atoms with Gasteiger partial charge in [-0.3, -0.25) is 4.79 Å². The van der Waals surface area contributed by atoms with Crippen LogP contribution in [0, 0.1) is 0 Å². The van der Waals surface area contributed by atoms with Crippen LogP contribution in [0.25, 0.3) is 11.1 Å². The minimum absolute atomic E-state index is 0.259. The fourth-order valence-electron chi connectivity index (χ4n) is 2.84. The Bertz CT molecular complexity index is 966.